The molecular weight excluding hydrogens is 542 g/mol. The first-order valence-electron chi connectivity index (χ1n) is 14.0. The number of aromatic nitrogens is 3. The molecule has 1 aliphatic carbocycles. The fourth-order valence-electron chi connectivity index (χ4n) is 5.58. The molecule has 1 N–H and O–H groups in total. The van der Waals surface area contributed by atoms with Gasteiger partial charge in [-0.3, -0.25) is 14.2 Å². The van der Waals surface area contributed by atoms with Gasteiger partial charge in [-0.05, 0) is 76.1 Å². The van der Waals surface area contributed by atoms with Crippen molar-refractivity contribution >= 4 is 50.5 Å². The van der Waals surface area contributed by atoms with Crippen molar-refractivity contribution in [2.24, 2.45) is 13.0 Å². The van der Waals surface area contributed by atoms with Crippen LogP contribution in [0.2, 0.25) is 0 Å². The number of fused-ring (bicyclic) bond motifs is 2. The van der Waals surface area contributed by atoms with Crippen molar-refractivity contribution in [2.45, 2.75) is 58.1 Å². The molecule has 0 unspecified atom stereocenters. The SMILES string of the molecule is COc1cc(C(=O)N2CCC[C@@H](NC(=O)OC(C)(C)C)C2)cc2nc(-c3cc4ccsc4n3C(=O)C3CC3)n(C)c12. The Morgan fingerprint density at radius 2 is 1.90 bits per heavy atom. The molecule has 216 valence electrons. The third-order valence-electron chi connectivity index (χ3n) is 7.62. The Hall–Kier alpha value is -3.86. The first-order chi connectivity index (χ1) is 19.5. The normalized spacial score (nSPS) is 17.7. The highest BCUT2D eigenvalue weighted by Crippen LogP contribution is 2.39. The van der Waals surface area contributed by atoms with Gasteiger partial charge in [-0.2, -0.15) is 0 Å². The minimum atomic E-state index is -0.593. The van der Waals surface area contributed by atoms with Gasteiger partial charge >= 0.3 is 6.09 Å². The summed E-state index contributed by atoms with van der Waals surface area (Å²) in [5.41, 5.74) is 1.97. The summed E-state index contributed by atoms with van der Waals surface area (Å²) >= 11 is 1.55. The summed E-state index contributed by atoms with van der Waals surface area (Å²) in [7, 11) is 3.48. The average Bonchev–Trinajstić information content (AvgIpc) is 3.45. The van der Waals surface area contributed by atoms with Gasteiger partial charge in [-0.15, -0.1) is 11.3 Å². The summed E-state index contributed by atoms with van der Waals surface area (Å²) in [5.74, 6) is 1.17. The number of thiophene rings is 1. The zero-order valence-corrected chi connectivity index (χ0v) is 24.8. The van der Waals surface area contributed by atoms with E-state index in [1.54, 1.807) is 35.5 Å². The number of hydrogen-bond acceptors (Lipinski definition) is 7. The Morgan fingerprint density at radius 1 is 1.12 bits per heavy atom. The van der Waals surface area contributed by atoms with Crippen LogP contribution in [0.3, 0.4) is 0 Å². The van der Waals surface area contributed by atoms with Crippen molar-refractivity contribution in [1.82, 2.24) is 24.3 Å². The Morgan fingerprint density at radius 3 is 2.61 bits per heavy atom. The summed E-state index contributed by atoms with van der Waals surface area (Å²) in [5, 5.41) is 5.91. The number of nitrogens with one attached hydrogen (secondary N) is 1. The van der Waals surface area contributed by atoms with E-state index in [-0.39, 0.29) is 23.8 Å². The molecule has 10 nitrogen and oxygen atoms in total. The highest BCUT2D eigenvalue weighted by Gasteiger charge is 2.34. The molecule has 2 aliphatic rings. The van der Waals surface area contributed by atoms with Crippen LogP contribution >= 0.6 is 11.3 Å². The lowest BCUT2D eigenvalue weighted by Crippen LogP contribution is -2.50. The number of hydrogen-bond donors (Lipinski definition) is 1. The summed E-state index contributed by atoms with van der Waals surface area (Å²) in [6.45, 7) is 6.44. The number of ether oxygens (including phenoxy) is 2. The number of nitrogens with zero attached hydrogens (tertiary/aromatic N) is 4. The zero-order chi connectivity index (χ0) is 29.1. The van der Waals surface area contributed by atoms with Gasteiger partial charge in [0.25, 0.3) is 5.91 Å². The summed E-state index contributed by atoms with van der Waals surface area (Å²) in [4.78, 5) is 46.9. The van der Waals surface area contributed by atoms with Gasteiger partial charge in [0.1, 0.15) is 21.7 Å². The predicted molar refractivity (Wildman–Crippen MR) is 158 cm³/mol. The molecule has 11 heteroatoms. The molecule has 2 fully saturated rings. The maximum absolute atomic E-state index is 13.7. The predicted octanol–water partition coefficient (Wildman–Crippen LogP) is 5.44. The second-order valence-electron chi connectivity index (χ2n) is 11.9. The highest BCUT2D eigenvalue weighted by molar-refractivity contribution is 7.17. The van der Waals surface area contributed by atoms with E-state index >= 15 is 0 Å². The Balaban J connectivity index is 1.32. The van der Waals surface area contributed by atoms with Crippen molar-refractivity contribution in [3.63, 3.8) is 0 Å². The summed E-state index contributed by atoms with van der Waals surface area (Å²) in [6, 6.07) is 7.36. The lowest BCUT2D eigenvalue weighted by atomic mass is 10.0. The first-order valence-corrected chi connectivity index (χ1v) is 14.9. The third kappa shape index (κ3) is 5.18. The van der Waals surface area contributed by atoms with Crippen LogP contribution in [-0.2, 0) is 11.8 Å². The van der Waals surface area contributed by atoms with E-state index < -0.39 is 11.7 Å². The second kappa shape index (κ2) is 10.2. The van der Waals surface area contributed by atoms with Gasteiger partial charge in [0.15, 0.2) is 5.82 Å². The molecule has 0 radical (unpaired) electrons. The van der Waals surface area contributed by atoms with E-state index in [0.29, 0.717) is 35.7 Å². The van der Waals surface area contributed by atoms with E-state index in [0.717, 1.165) is 47.1 Å². The van der Waals surface area contributed by atoms with E-state index in [2.05, 4.69) is 5.32 Å². The molecule has 6 rings (SSSR count). The average molecular weight is 578 g/mol. The topological polar surface area (TPSA) is 108 Å². The van der Waals surface area contributed by atoms with Gasteiger partial charge in [-0.25, -0.2) is 9.78 Å². The minimum absolute atomic E-state index is 0.0538. The van der Waals surface area contributed by atoms with E-state index in [1.165, 1.54) is 0 Å². The number of carbonyl (C=O) groups excluding carboxylic acids is 3. The number of carbonyl (C=O) groups is 3. The minimum Gasteiger partial charge on any atom is -0.494 e. The maximum atomic E-state index is 13.7. The van der Waals surface area contributed by atoms with Gasteiger partial charge in [-0.1, -0.05) is 0 Å². The smallest absolute Gasteiger partial charge is 0.407 e. The van der Waals surface area contributed by atoms with Crippen LogP contribution in [0.1, 0.15) is 61.6 Å². The largest absolute Gasteiger partial charge is 0.494 e. The lowest BCUT2D eigenvalue weighted by Gasteiger charge is -2.33. The van der Waals surface area contributed by atoms with Gasteiger partial charge in [0, 0.05) is 43.0 Å². The molecule has 4 aromatic rings. The monoisotopic (exact) mass is 577 g/mol. The Labute approximate surface area is 242 Å². The number of likely N-dealkylation sites (tertiary alicyclic amines) is 1. The quantitative estimate of drug-likeness (QED) is 0.338. The van der Waals surface area contributed by atoms with Crippen LogP contribution in [0.5, 0.6) is 5.75 Å². The first kappa shape index (κ1) is 27.3. The number of piperidine rings is 1. The third-order valence-corrected chi connectivity index (χ3v) is 8.53. The molecule has 1 aromatic carbocycles. The van der Waals surface area contributed by atoms with Gasteiger partial charge in [0.05, 0.1) is 18.3 Å². The van der Waals surface area contributed by atoms with Crippen LogP contribution in [0.4, 0.5) is 4.79 Å². The summed E-state index contributed by atoms with van der Waals surface area (Å²) < 4.78 is 14.9. The van der Waals surface area contributed by atoms with Crippen molar-refractivity contribution in [3.8, 4) is 17.3 Å². The fraction of sp³-hybridized carbons (Fsp3) is 0.467. The molecule has 1 aliphatic heterocycles. The van der Waals surface area contributed by atoms with E-state index in [9.17, 15) is 14.4 Å². The number of rotatable bonds is 5. The van der Waals surface area contributed by atoms with Crippen LogP contribution in [0.15, 0.2) is 29.6 Å². The van der Waals surface area contributed by atoms with E-state index in [4.69, 9.17) is 14.5 Å². The number of benzene rings is 1. The highest BCUT2D eigenvalue weighted by atomic mass is 32.1. The Kier molecular flexibility index (Phi) is 6.80. The zero-order valence-electron chi connectivity index (χ0n) is 24.0. The number of methoxy groups -OCH3 is 1. The van der Waals surface area contributed by atoms with Gasteiger partial charge in [0.2, 0.25) is 5.91 Å². The molecule has 41 heavy (non-hydrogen) atoms. The van der Waals surface area contributed by atoms with Crippen molar-refractivity contribution in [1.29, 1.82) is 0 Å². The molecule has 0 spiro atoms. The summed E-state index contributed by atoms with van der Waals surface area (Å²) in [6.07, 6.45) is 2.88. The molecular formula is C30H35N5O5S. The second-order valence-corrected chi connectivity index (χ2v) is 12.8. The molecule has 2 amide bonds. The molecule has 0 bridgehead atoms. The number of imidazole rings is 1. The molecule has 4 heterocycles. The molecule has 3 aromatic heterocycles. The maximum Gasteiger partial charge on any atom is 0.407 e. The van der Waals surface area contributed by atoms with Crippen LogP contribution in [-0.4, -0.2) is 68.8 Å². The number of alkyl carbamates (subject to hydrolysis) is 1. The van der Waals surface area contributed by atoms with Crippen LogP contribution in [0, 0.1) is 5.92 Å². The molecule has 1 saturated heterocycles. The lowest BCUT2D eigenvalue weighted by molar-refractivity contribution is 0.0452. The number of aryl methyl sites for hydroxylation is 1. The van der Waals surface area contributed by atoms with Crippen LogP contribution in [0.25, 0.3) is 32.8 Å². The van der Waals surface area contributed by atoms with Crippen LogP contribution < -0.4 is 10.1 Å². The van der Waals surface area contributed by atoms with Crippen molar-refractivity contribution in [2.75, 3.05) is 20.2 Å². The molecule has 1 atom stereocenters. The van der Waals surface area contributed by atoms with E-state index in [1.807, 2.05) is 54.5 Å². The Bertz CT molecular complexity index is 1670. The van der Waals surface area contributed by atoms with Gasteiger partial charge < -0.3 is 24.3 Å². The molecule has 1 saturated carbocycles. The standard InChI is InChI=1S/C30H35N5O5S/c1-30(2,3)40-29(38)31-20-7-6-11-34(16-20)26(36)19-13-21-24(23(15-19)39-5)33(4)25(32-21)22-14-18-10-12-41-28(18)35(22)27(37)17-8-9-17/h10,12-15,17,20H,6-9,11,16H2,1-5H3,(H,31,38)/t20-/m1/s1. The number of amides is 2. The van der Waals surface area contributed by atoms with Crippen molar-refractivity contribution < 1.29 is 23.9 Å². The van der Waals surface area contributed by atoms with Crippen molar-refractivity contribution in [3.05, 3.63) is 35.2 Å². The fourth-order valence-corrected chi connectivity index (χ4v) is 6.48.